The molecule has 1 saturated heterocycles. The van der Waals surface area contributed by atoms with E-state index in [-0.39, 0.29) is 62.9 Å². The smallest absolute Gasteiger partial charge is 0.412 e. The van der Waals surface area contributed by atoms with Gasteiger partial charge in [-0.25, -0.2) is 33.2 Å². The van der Waals surface area contributed by atoms with Crippen molar-refractivity contribution in [2.45, 2.75) is 32.4 Å². The minimum Gasteiger partial charge on any atom is -0.465 e. The first-order valence-corrected chi connectivity index (χ1v) is 13.7. The first-order chi connectivity index (χ1) is 21.0. The van der Waals surface area contributed by atoms with Gasteiger partial charge in [-0.1, -0.05) is 12.1 Å². The lowest BCUT2D eigenvalue weighted by Gasteiger charge is -2.34. The number of carbonyl (C=O) groups is 4. The summed E-state index contributed by atoms with van der Waals surface area (Å²) in [6.45, 7) is 1.25. The summed E-state index contributed by atoms with van der Waals surface area (Å²) in [4.78, 5) is 56.2. The number of aromatic nitrogens is 1. The number of pyridine rings is 1. The van der Waals surface area contributed by atoms with Gasteiger partial charge in [0, 0.05) is 63.2 Å². The molecule has 0 bridgehead atoms. The predicted molar refractivity (Wildman–Crippen MR) is 152 cm³/mol. The number of benzene rings is 2. The summed E-state index contributed by atoms with van der Waals surface area (Å²) in [5.74, 6) is -3.37. The van der Waals surface area contributed by atoms with Crippen LogP contribution in [-0.4, -0.2) is 87.7 Å². The van der Waals surface area contributed by atoms with Gasteiger partial charge in [0.25, 0.3) is 0 Å². The Balaban J connectivity index is 1.43. The number of nitrogens with zero attached hydrogens (tertiary/aromatic N) is 4. The second kappa shape index (κ2) is 14.5. The number of hydrogen-bond donors (Lipinski definition) is 3. The van der Waals surface area contributed by atoms with Crippen molar-refractivity contribution < 1.29 is 42.2 Å². The quantitative estimate of drug-likeness (QED) is 0.293. The highest BCUT2D eigenvalue weighted by Gasteiger charge is 2.28. The average molecular weight is 617 g/mol. The number of anilines is 1. The first kappa shape index (κ1) is 32.0. The Morgan fingerprint density at radius 1 is 1.02 bits per heavy atom. The van der Waals surface area contributed by atoms with Gasteiger partial charge in [0.15, 0.2) is 11.6 Å². The highest BCUT2D eigenvalue weighted by atomic mass is 19.2. The van der Waals surface area contributed by atoms with E-state index < -0.39 is 48.2 Å². The molecule has 3 aromatic rings. The van der Waals surface area contributed by atoms with Crippen molar-refractivity contribution >= 4 is 40.6 Å². The van der Waals surface area contributed by atoms with Crippen LogP contribution in [0.15, 0.2) is 48.7 Å². The molecular formula is C29H31F3N6O6. The van der Waals surface area contributed by atoms with Crippen LogP contribution >= 0.6 is 0 Å². The number of nitrogens with one attached hydrogen (secondary N) is 2. The summed E-state index contributed by atoms with van der Waals surface area (Å²) >= 11 is 0. The molecule has 44 heavy (non-hydrogen) atoms. The monoisotopic (exact) mass is 616 g/mol. The van der Waals surface area contributed by atoms with Gasteiger partial charge in [-0.05, 0) is 42.1 Å². The molecule has 1 aliphatic heterocycles. The lowest BCUT2D eigenvalue weighted by atomic mass is 10.1. The molecule has 4 amide bonds. The number of piperazine rings is 1. The van der Waals surface area contributed by atoms with Gasteiger partial charge in [-0.3, -0.25) is 19.9 Å². The molecular weight excluding hydrogens is 585 g/mol. The molecule has 0 spiro atoms. The van der Waals surface area contributed by atoms with Crippen LogP contribution in [0, 0.1) is 17.5 Å². The minimum absolute atomic E-state index is 0.0109. The van der Waals surface area contributed by atoms with E-state index in [0.29, 0.717) is 10.8 Å². The molecule has 1 aliphatic rings. The van der Waals surface area contributed by atoms with Gasteiger partial charge in [0.1, 0.15) is 18.2 Å². The number of carboxylic acid groups (broad SMARTS) is 1. The molecule has 0 saturated carbocycles. The zero-order valence-electron chi connectivity index (χ0n) is 23.8. The van der Waals surface area contributed by atoms with Crippen LogP contribution in [0.5, 0.6) is 0 Å². The van der Waals surface area contributed by atoms with Crippen LogP contribution in [0.25, 0.3) is 10.8 Å². The van der Waals surface area contributed by atoms with Crippen LogP contribution < -0.4 is 10.7 Å². The number of carbonyl (C=O) groups excluding carboxylic acids is 3. The number of fused-ring (bicyclic) bond motifs is 1. The van der Waals surface area contributed by atoms with Crippen LogP contribution in [0.3, 0.4) is 0 Å². The highest BCUT2D eigenvalue weighted by Crippen LogP contribution is 2.19. The van der Waals surface area contributed by atoms with E-state index in [0.717, 1.165) is 11.1 Å². The number of rotatable bonds is 10. The molecule has 0 aliphatic carbocycles. The number of hydrazine groups is 1. The third kappa shape index (κ3) is 8.34. The topological polar surface area (TPSA) is 144 Å². The van der Waals surface area contributed by atoms with E-state index in [9.17, 15) is 32.3 Å². The van der Waals surface area contributed by atoms with E-state index in [1.54, 1.807) is 0 Å². The molecule has 4 rings (SSSR count). The third-order valence-corrected chi connectivity index (χ3v) is 7.09. The fourth-order valence-corrected chi connectivity index (χ4v) is 4.73. The second-order valence-electron chi connectivity index (χ2n) is 10.1. The minimum atomic E-state index is -1.09. The van der Waals surface area contributed by atoms with Crippen molar-refractivity contribution in [2.75, 3.05) is 38.1 Å². The van der Waals surface area contributed by atoms with Crippen molar-refractivity contribution in [1.82, 2.24) is 25.2 Å². The maximum Gasteiger partial charge on any atom is 0.412 e. The average Bonchev–Trinajstić information content (AvgIpc) is 2.99. The standard InChI is InChI=1S/C29H31F3N6O6/c1-18(39)38(34-16-20-3-2-4-24(31)27(20)32)23(7-8-26(40)36-9-11-37(12-10-36)29(42)43)17-44-28(41)35-25-14-21-13-22(30)6-5-19(21)15-33-25/h2-6,13-15,23,34H,7-12,16-17H2,1H3,(H,42,43)(H,33,35,41)/t23-/m0/s1. The summed E-state index contributed by atoms with van der Waals surface area (Å²) in [5.41, 5.74) is 2.69. The van der Waals surface area contributed by atoms with E-state index in [4.69, 9.17) is 9.84 Å². The fourth-order valence-electron chi connectivity index (χ4n) is 4.73. The van der Waals surface area contributed by atoms with Crippen LogP contribution in [0.2, 0.25) is 0 Å². The summed E-state index contributed by atoms with van der Waals surface area (Å²) in [7, 11) is 0. The van der Waals surface area contributed by atoms with E-state index in [1.807, 2.05) is 0 Å². The molecule has 0 unspecified atom stereocenters. The normalized spacial score (nSPS) is 13.8. The predicted octanol–water partition coefficient (Wildman–Crippen LogP) is 3.72. The highest BCUT2D eigenvalue weighted by molar-refractivity contribution is 5.89. The maximum absolute atomic E-state index is 14.3. The van der Waals surface area contributed by atoms with Crippen LogP contribution in [-0.2, 0) is 20.9 Å². The van der Waals surface area contributed by atoms with Crippen molar-refractivity contribution in [2.24, 2.45) is 0 Å². The van der Waals surface area contributed by atoms with Crippen molar-refractivity contribution in [1.29, 1.82) is 0 Å². The van der Waals surface area contributed by atoms with E-state index in [2.05, 4.69) is 15.7 Å². The van der Waals surface area contributed by atoms with Gasteiger partial charge in [-0.2, -0.15) is 0 Å². The number of hydrogen-bond acceptors (Lipinski definition) is 7. The van der Waals surface area contributed by atoms with Gasteiger partial charge >= 0.3 is 12.2 Å². The fraction of sp³-hybridized carbons (Fsp3) is 0.345. The van der Waals surface area contributed by atoms with E-state index in [1.165, 1.54) is 59.3 Å². The van der Waals surface area contributed by atoms with Gasteiger partial charge in [0.2, 0.25) is 11.8 Å². The zero-order chi connectivity index (χ0) is 31.8. The number of halogens is 3. The molecule has 2 heterocycles. The summed E-state index contributed by atoms with van der Waals surface area (Å²) in [5, 5.41) is 13.8. The summed E-state index contributed by atoms with van der Waals surface area (Å²) in [6.07, 6.45) is -0.634. The molecule has 2 aromatic carbocycles. The van der Waals surface area contributed by atoms with Crippen molar-refractivity contribution in [3.05, 3.63) is 71.7 Å². The Hall–Kier alpha value is -4.92. The molecule has 1 atom stereocenters. The van der Waals surface area contributed by atoms with Gasteiger partial charge in [0.05, 0.1) is 6.04 Å². The Labute approximate surface area is 250 Å². The number of ether oxygens (including phenoxy) is 1. The lowest BCUT2D eigenvalue weighted by Crippen LogP contribution is -2.52. The van der Waals surface area contributed by atoms with E-state index >= 15 is 0 Å². The lowest BCUT2D eigenvalue weighted by molar-refractivity contribution is -0.139. The second-order valence-corrected chi connectivity index (χ2v) is 10.1. The molecule has 3 N–H and O–H groups in total. The van der Waals surface area contributed by atoms with Crippen molar-refractivity contribution in [3.8, 4) is 0 Å². The van der Waals surface area contributed by atoms with Gasteiger partial charge in [-0.15, -0.1) is 0 Å². The summed E-state index contributed by atoms with van der Waals surface area (Å²) < 4.78 is 47.0. The molecule has 1 fully saturated rings. The number of amides is 4. The molecule has 15 heteroatoms. The third-order valence-electron chi connectivity index (χ3n) is 7.09. The molecule has 1 aromatic heterocycles. The Morgan fingerprint density at radius 3 is 2.45 bits per heavy atom. The Morgan fingerprint density at radius 2 is 1.75 bits per heavy atom. The molecule has 12 nitrogen and oxygen atoms in total. The summed E-state index contributed by atoms with van der Waals surface area (Å²) in [6, 6.07) is 8.25. The van der Waals surface area contributed by atoms with Crippen molar-refractivity contribution in [3.63, 3.8) is 0 Å². The zero-order valence-corrected chi connectivity index (χ0v) is 23.8. The maximum atomic E-state index is 14.3. The van der Waals surface area contributed by atoms with Crippen LogP contribution in [0.4, 0.5) is 28.6 Å². The Bertz CT molecular complexity index is 1530. The van der Waals surface area contributed by atoms with Gasteiger partial charge < -0.3 is 19.6 Å². The first-order valence-electron chi connectivity index (χ1n) is 13.7. The largest absolute Gasteiger partial charge is 0.465 e. The Kier molecular flexibility index (Phi) is 10.6. The van der Waals surface area contributed by atoms with Crippen LogP contribution in [0.1, 0.15) is 25.3 Å². The molecule has 234 valence electrons. The molecule has 0 radical (unpaired) electrons. The SMILES string of the molecule is CC(=O)N(NCc1cccc(F)c1F)[C@@H](CCC(=O)N1CCN(C(=O)O)CC1)COC(=O)Nc1cc2cc(F)ccc2cn1.